The Hall–Kier alpha value is -1.39. The number of hydrogen-bond donors (Lipinski definition) is 2. The van der Waals surface area contributed by atoms with Crippen LogP contribution in [0.2, 0.25) is 0 Å². The van der Waals surface area contributed by atoms with Gasteiger partial charge in [-0.25, -0.2) is 0 Å². The number of rotatable bonds is 3. The van der Waals surface area contributed by atoms with Crippen molar-refractivity contribution in [2.75, 3.05) is 11.9 Å². The smallest absolute Gasteiger partial charge is 0.256 e. The number of nitrogens with one attached hydrogen (secondary N) is 1. The Labute approximate surface area is 107 Å². The highest BCUT2D eigenvalue weighted by Gasteiger charge is 2.37. The van der Waals surface area contributed by atoms with Crippen LogP contribution in [0.15, 0.2) is 24.3 Å². The molecule has 2 atom stereocenters. The maximum atomic E-state index is 12.2. The summed E-state index contributed by atoms with van der Waals surface area (Å²) in [5.74, 6) is -0.145. The van der Waals surface area contributed by atoms with Crippen molar-refractivity contribution >= 4 is 11.6 Å². The number of amides is 1. The van der Waals surface area contributed by atoms with Gasteiger partial charge in [-0.05, 0) is 32.8 Å². The molecule has 1 aliphatic heterocycles. The highest BCUT2D eigenvalue weighted by molar-refractivity contribution is 5.97. The van der Waals surface area contributed by atoms with E-state index in [4.69, 9.17) is 4.74 Å². The van der Waals surface area contributed by atoms with Gasteiger partial charge in [0.25, 0.3) is 5.91 Å². The van der Waals surface area contributed by atoms with Crippen molar-refractivity contribution in [3.63, 3.8) is 0 Å². The maximum absolute atomic E-state index is 12.2. The van der Waals surface area contributed by atoms with Crippen molar-refractivity contribution in [1.82, 2.24) is 0 Å². The highest BCUT2D eigenvalue weighted by atomic mass is 16.5. The average Bonchev–Trinajstić information content (AvgIpc) is 2.78. The lowest BCUT2D eigenvalue weighted by Crippen LogP contribution is -2.39. The van der Waals surface area contributed by atoms with Gasteiger partial charge in [-0.15, -0.1) is 0 Å². The van der Waals surface area contributed by atoms with Gasteiger partial charge in [-0.3, -0.25) is 4.79 Å². The van der Waals surface area contributed by atoms with E-state index in [9.17, 15) is 9.90 Å². The molecule has 1 aliphatic rings. The molecular formula is C14H19NO3. The zero-order valence-corrected chi connectivity index (χ0v) is 10.8. The van der Waals surface area contributed by atoms with E-state index in [1.807, 2.05) is 12.1 Å². The molecule has 0 radical (unpaired) electrons. The van der Waals surface area contributed by atoms with Crippen LogP contribution in [0.3, 0.4) is 0 Å². The number of anilines is 1. The predicted octanol–water partition coefficient (Wildman–Crippen LogP) is 2.25. The molecule has 0 bridgehead atoms. The Morgan fingerprint density at radius 2 is 2.22 bits per heavy atom. The van der Waals surface area contributed by atoms with Crippen LogP contribution in [0.5, 0.6) is 0 Å². The lowest BCUT2D eigenvalue weighted by molar-refractivity contribution is -0.133. The Bertz CT molecular complexity index is 436. The first-order valence-electron chi connectivity index (χ1n) is 6.25. The van der Waals surface area contributed by atoms with Gasteiger partial charge < -0.3 is 15.2 Å². The summed E-state index contributed by atoms with van der Waals surface area (Å²) in [6.07, 6.45) is 1.02. The van der Waals surface area contributed by atoms with Crippen molar-refractivity contribution in [1.29, 1.82) is 0 Å². The molecule has 1 amide bonds. The molecule has 18 heavy (non-hydrogen) atoms. The number of carbonyl (C=O) groups is 1. The number of aliphatic hydroxyl groups excluding tert-OH is 1. The van der Waals surface area contributed by atoms with Crippen LogP contribution in [0.4, 0.5) is 5.69 Å². The van der Waals surface area contributed by atoms with Gasteiger partial charge in [0, 0.05) is 17.9 Å². The fourth-order valence-electron chi connectivity index (χ4n) is 2.19. The lowest BCUT2D eigenvalue weighted by Gasteiger charge is -2.23. The number of carbonyl (C=O) groups excluding carboxylic acids is 1. The summed E-state index contributed by atoms with van der Waals surface area (Å²) in [5.41, 5.74) is 0.618. The largest absolute Gasteiger partial charge is 0.389 e. The molecule has 1 saturated heterocycles. The van der Waals surface area contributed by atoms with Gasteiger partial charge in [0.15, 0.2) is 0 Å². The fraction of sp³-hybridized carbons (Fsp3) is 0.500. The third-order valence-corrected chi connectivity index (χ3v) is 3.36. The Morgan fingerprint density at radius 3 is 2.83 bits per heavy atom. The van der Waals surface area contributed by atoms with Gasteiger partial charge in [-0.2, -0.15) is 0 Å². The standard InChI is InChI=1S/C14H19NO3/c1-10(16)11-6-3-4-7-12(11)15-13(17)14(2)8-5-9-18-14/h3-4,6-7,10,16H,5,8-9H2,1-2H3,(H,15,17). The van der Waals surface area contributed by atoms with Crippen LogP contribution in [0.1, 0.15) is 38.4 Å². The zero-order chi connectivity index (χ0) is 13.2. The van der Waals surface area contributed by atoms with Gasteiger partial charge in [0.2, 0.25) is 0 Å². The second-order valence-electron chi connectivity index (χ2n) is 4.90. The van der Waals surface area contributed by atoms with Gasteiger partial charge in [0.1, 0.15) is 5.60 Å². The summed E-state index contributed by atoms with van der Waals surface area (Å²) < 4.78 is 5.50. The fourth-order valence-corrected chi connectivity index (χ4v) is 2.19. The topological polar surface area (TPSA) is 58.6 Å². The van der Waals surface area contributed by atoms with E-state index < -0.39 is 11.7 Å². The normalized spacial score (nSPS) is 24.8. The maximum Gasteiger partial charge on any atom is 0.256 e. The Balaban J connectivity index is 2.16. The minimum Gasteiger partial charge on any atom is -0.389 e. The molecule has 98 valence electrons. The van der Waals surface area contributed by atoms with Crippen LogP contribution >= 0.6 is 0 Å². The van der Waals surface area contributed by atoms with E-state index in [2.05, 4.69) is 5.32 Å². The second-order valence-corrected chi connectivity index (χ2v) is 4.90. The Morgan fingerprint density at radius 1 is 1.50 bits per heavy atom. The SMILES string of the molecule is CC(O)c1ccccc1NC(=O)C1(C)CCCO1. The molecule has 0 aromatic heterocycles. The molecule has 2 N–H and O–H groups in total. The number of para-hydroxylation sites is 1. The van der Waals surface area contributed by atoms with Crippen molar-refractivity contribution in [3.8, 4) is 0 Å². The minimum atomic E-state index is -0.744. The number of benzene rings is 1. The van der Waals surface area contributed by atoms with Gasteiger partial charge >= 0.3 is 0 Å². The summed E-state index contributed by atoms with van der Waals surface area (Å²) >= 11 is 0. The number of aliphatic hydroxyl groups is 1. The molecule has 4 heteroatoms. The average molecular weight is 249 g/mol. The van der Waals surface area contributed by atoms with E-state index in [-0.39, 0.29) is 5.91 Å². The number of ether oxygens (including phenoxy) is 1. The van der Waals surface area contributed by atoms with E-state index in [0.29, 0.717) is 17.9 Å². The highest BCUT2D eigenvalue weighted by Crippen LogP contribution is 2.28. The summed E-state index contributed by atoms with van der Waals surface area (Å²) in [6.45, 7) is 4.11. The van der Waals surface area contributed by atoms with Crippen LogP contribution in [0.25, 0.3) is 0 Å². The zero-order valence-electron chi connectivity index (χ0n) is 10.8. The Kier molecular flexibility index (Phi) is 3.68. The van der Waals surface area contributed by atoms with Crippen LogP contribution in [0, 0.1) is 0 Å². The minimum absolute atomic E-state index is 0.145. The monoisotopic (exact) mass is 249 g/mol. The van der Waals surface area contributed by atoms with Crippen LogP contribution in [-0.2, 0) is 9.53 Å². The lowest BCUT2D eigenvalue weighted by atomic mass is 10.0. The van der Waals surface area contributed by atoms with Crippen molar-refractivity contribution in [3.05, 3.63) is 29.8 Å². The number of hydrogen-bond acceptors (Lipinski definition) is 3. The van der Waals surface area contributed by atoms with Crippen LogP contribution < -0.4 is 5.32 Å². The molecule has 0 aliphatic carbocycles. The molecule has 1 aromatic rings. The molecule has 1 fully saturated rings. The first kappa shape index (κ1) is 13.1. The molecule has 2 rings (SSSR count). The molecule has 0 saturated carbocycles. The van der Waals surface area contributed by atoms with Gasteiger partial charge in [0.05, 0.1) is 6.10 Å². The van der Waals surface area contributed by atoms with E-state index in [0.717, 1.165) is 12.8 Å². The van der Waals surface area contributed by atoms with Crippen molar-refractivity contribution in [2.24, 2.45) is 0 Å². The molecular weight excluding hydrogens is 230 g/mol. The molecule has 2 unspecified atom stereocenters. The third kappa shape index (κ3) is 2.54. The van der Waals surface area contributed by atoms with Crippen molar-refractivity contribution in [2.45, 2.75) is 38.4 Å². The summed E-state index contributed by atoms with van der Waals surface area (Å²) in [5, 5.41) is 12.5. The van der Waals surface area contributed by atoms with Crippen LogP contribution in [-0.4, -0.2) is 23.2 Å². The quantitative estimate of drug-likeness (QED) is 0.863. The molecule has 1 heterocycles. The van der Waals surface area contributed by atoms with Gasteiger partial charge in [-0.1, -0.05) is 18.2 Å². The summed E-state index contributed by atoms with van der Waals surface area (Å²) in [7, 11) is 0. The van der Waals surface area contributed by atoms with Crippen molar-refractivity contribution < 1.29 is 14.6 Å². The molecule has 1 aromatic carbocycles. The first-order valence-corrected chi connectivity index (χ1v) is 6.25. The first-order chi connectivity index (χ1) is 8.53. The van der Waals surface area contributed by atoms with E-state index in [1.54, 1.807) is 26.0 Å². The molecule has 0 spiro atoms. The van der Waals surface area contributed by atoms with E-state index in [1.165, 1.54) is 0 Å². The summed E-state index contributed by atoms with van der Waals surface area (Å²) in [4.78, 5) is 12.2. The van der Waals surface area contributed by atoms with E-state index >= 15 is 0 Å². The summed E-state index contributed by atoms with van der Waals surface area (Å²) in [6, 6.07) is 7.27. The predicted molar refractivity (Wildman–Crippen MR) is 69.3 cm³/mol. The second kappa shape index (κ2) is 5.08. The third-order valence-electron chi connectivity index (χ3n) is 3.36. The molecule has 4 nitrogen and oxygen atoms in total.